The number of rotatable bonds is 11. The van der Waals surface area contributed by atoms with E-state index in [0.29, 0.717) is 5.82 Å². The van der Waals surface area contributed by atoms with Gasteiger partial charge in [0.2, 0.25) is 11.8 Å². The van der Waals surface area contributed by atoms with Gasteiger partial charge in [-0.25, -0.2) is 9.97 Å². The molecule has 0 spiro atoms. The average Bonchev–Trinajstić information content (AvgIpc) is 2.99. The molecule has 0 bridgehead atoms. The highest BCUT2D eigenvalue weighted by molar-refractivity contribution is 5.87. The maximum atomic E-state index is 12.7. The van der Waals surface area contributed by atoms with Crippen LogP contribution in [-0.4, -0.2) is 50.8 Å². The van der Waals surface area contributed by atoms with Gasteiger partial charge in [-0.1, -0.05) is 77.3 Å². The zero-order chi connectivity index (χ0) is 31.0. The minimum Gasteiger partial charge on any atom is -0.480 e. The number of nitrogens with zero attached hydrogens (tertiary/aromatic N) is 3. The number of aliphatic carboxylic acids is 1. The molecule has 1 saturated carbocycles. The molecule has 2 N–H and O–H groups in total. The van der Waals surface area contributed by atoms with E-state index in [0.717, 1.165) is 47.3 Å². The van der Waals surface area contributed by atoms with E-state index in [9.17, 15) is 19.5 Å². The number of hydrogen-bond acceptors (Lipinski definition) is 5. The summed E-state index contributed by atoms with van der Waals surface area (Å²) in [4.78, 5) is 46.8. The fraction of sp³-hybridized carbons (Fsp3) is 0.571. The molecule has 1 unspecified atom stereocenters. The predicted molar refractivity (Wildman–Crippen MR) is 169 cm³/mol. The summed E-state index contributed by atoms with van der Waals surface area (Å²) in [5, 5.41) is 12.0. The molecule has 1 fully saturated rings. The van der Waals surface area contributed by atoms with Crippen LogP contribution in [0.2, 0.25) is 0 Å². The van der Waals surface area contributed by atoms with Gasteiger partial charge in [0, 0.05) is 36.5 Å². The Balaban J connectivity index is 1.32. The molecule has 43 heavy (non-hydrogen) atoms. The molecule has 1 atom stereocenters. The second-order valence-corrected chi connectivity index (χ2v) is 13.6. The van der Waals surface area contributed by atoms with Crippen molar-refractivity contribution in [3.63, 3.8) is 0 Å². The van der Waals surface area contributed by atoms with Gasteiger partial charge in [-0.2, -0.15) is 0 Å². The highest BCUT2D eigenvalue weighted by Gasteiger charge is 2.28. The highest BCUT2D eigenvalue weighted by Crippen LogP contribution is 2.41. The van der Waals surface area contributed by atoms with Crippen molar-refractivity contribution in [2.24, 2.45) is 23.2 Å². The van der Waals surface area contributed by atoms with Gasteiger partial charge in [-0.15, -0.1) is 0 Å². The largest absolute Gasteiger partial charge is 0.480 e. The van der Waals surface area contributed by atoms with Crippen molar-refractivity contribution in [1.82, 2.24) is 20.2 Å². The molecule has 4 rings (SSSR count). The minimum atomic E-state index is -1.11. The third-order valence-electron chi connectivity index (χ3n) is 9.00. The van der Waals surface area contributed by atoms with Crippen molar-refractivity contribution in [3.05, 3.63) is 53.9 Å². The molecule has 2 aliphatic rings. The van der Waals surface area contributed by atoms with Crippen LogP contribution < -0.4 is 5.32 Å². The fourth-order valence-electron chi connectivity index (χ4n) is 6.46. The van der Waals surface area contributed by atoms with E-state index < -0.39 is 18.4 Å². The number of benzene rings is 1. The SMILES string of the molecule is CCC1CCC(C2CC=C(c3cnc(-c4ccc(CN(CC(=O)O)C(=O)CNC(=O)CC(C)(C)C)cc4)nc3)CC2)CC1. The molecule has 0 aliphatic heterocycles. The Morgan fingerprint density at radius 2 is 1.63 bits per heavy atom. The summed E-state index contributed by atoms with van der Waals surface area (Å²) in [5.41, 5.74) is 3.86. The lowest BCUT2D eigenvalue weighted by Gasteiger charge is -2.35. The van der Waals surface area contributed by atoms with Gasteiger partial charge in [-0.3, -0.25) is 14.4 Å². The van der Waals surface area contributed by atoms with Crippen molar-refractivity contribution < 1.29 is 19.5 Å². The summed E-state index contributed by atoms with van der Waals surface area (Å²) in [6.07, 6.45) is 16.9. The van der Waals surface area contributed by atoms with Crippen LogP contribution in [0.5, 0.6) is 0 Å². The molecule has 8 nitrogen and oxygen atoms in total. The topological polar surface area (TPSA) is 112 Å². The smallest absolute Gasteiger partial charge is 0.323 e. The van der Waals surface area contributed by atoms with E-state index in [1.54, 1.807) is 0 Å². The van der Waals surface area contributed by atoms with Crippen LogP contribution in [0, 0.1) is 23.2 Å². The Morgan fingerprint density at radius 1 is 0.953 bits per heavy atom. The van der Waals surface area contributed by atoms with Crippen molar-refractivity contribution in [2.75, 3.05) is 13.1 Å². The maximum absolute atomic E-state index is 12.7. The predicted octanol–water partition coefficient (Wildman–Crippen LogP) is 6.51. The first-order chi connectivity index (χ1) is 20.5. The number of nitrogens with one attached hydrogen (secondary N) is 1. The third kappa shape index (κ3) is 9.73. The minimum absolute atomic E-state index is 0.121. The monoisotopic (exact) mass is 588 g/mol. The number of allylic oxidation sites excluding steroid dienone is 2. The molecule has 0 saturated heterocycles. The van der Waals surface area contributed by atoms with E-state index in [4.69, 9.17) is 0 Å². The molecule has 232 valence electrons. The number of carbonyl (C=O) groups is 3. The third-order valence-corrected chi connectivity index (χ3v) is 9.00. The first-order valence-electron chi connectivity index (χ1n) is 15.9. The Hall–Kier alpha value is -3.55. The van der Waals surface area contributed by atoms with Crippen LogP contribution in [0.4, 0.5) is 0 Å². The summed E-state index contributed by atoms with van der Waals surface area (Å²) < 4.78 is 0. The summed E-state index contributed by atoms with van der Waals surface area (Å²) in [6, 6.07) is 7.47. The Morgan fingerprint density at radius 3 is 2.19 bits per heavy atom. The van der Waals surface area contributed by atoms with Gasteiger partial charge in [0.1, 0.15) is 6.54 Å². The molecule has 2 aliphatic carbocycles. The maximum Gasteiger partial charge on any atom is 0.323 e. The Bertz CT molecular complexity index is 1270. The van der Waals surface area contributed by atoms with E-state index >= 15 is 0 Å². The number of carboxylic acids is 1. The summed E-state index contributed by atoms with van der Waals surface area (Å²) in [5.74, 6) is 1.47. The lowest BCUT2D eigenvalue weighted by Crippen LogP contribution is -2.42. The normalized spacial score (nSPS) is 20.7. The summed E-state index contributed by atoms with van der Waals surface area (Å²) >= 11 is 0. The number of carboxylic acid groups (broad SMARTS) is 1. The molecule has 1 heterocycles. The first-order valence-corrected chi connectivity index (χ1v) is 15.9. The quantitative estimate of drug-likeness (QED) is 0.310. The zero-order valence-electron chi connectivity index (χ0n) is 26.3. The van der Waals surface area contributed by atoms with E-state index in [2.05, 4.69) is 28.3 Å². The molecule has 1 aromatic heterocycles. The van der Waals surface area contributed by atoms with Crippen molar-refractivity contribution in [1.29, 1.82) is 0 Å². The number of carbonyl (C=O) groups excluding carboxylic acids is 2. The van der Waals surface area contributed by atoms with Crippen LogP contribution in [0.1, 0.15) is 96.6 Å². The Labute approximate surface area is 256 Å². The van der Waals surface area contributed by atoms with Crippen LogP contribution in [-0.2, 0) is 20.9 Å². The first kappa shape index (κ1) is 32.4. The van der Waals surface area contributed by atoms with Crippen LogP contribution in [0.15, 0.2) is 42.7 Å². The summed E-state index contributed by atoms with van der Waals surface area (Å²) in [7, 11) is 0. The lowest BCUT2D eigenvalue weighted by molar-refractivity contribution is -0.144. The lowest BCUT2D eigenvalue weighted by atomic mass is 9.71. The van der Waals surface area contributed by atoms with Gasteiger partial charge >= 0.3 is 5.97 Å². The molecule has 8 heteroatoms. The van der Waals surface area contributed by atoms with E-state index in [1.165, 1.54) is 49.0 Å². The standard InChI is InChI=1S/C35H48N4O4/c1-5-24-6-10-26(11-7-24)27-14-16-28(17-15-27)30-19-37-34(38-20-30)29-12-8-25(9-13-29)22-39(23-33(42)43)32(41)21-36-31(40)18-35(2,3)4/h8-9,12-13,16,19-20,24,26-27H,5-7,10-11,14-15,17-18,21-23H2,1-4H3,(H,36,40)(H,42,43). The molecular weight excluding hydrogens is 540 g/mol. The van der Waals surface area contributed by atoms with Gasteiger partial charge < -0.3 is 15.3 Å². The van der Waals surface area contributed by atoms with E-state index in [-0.39, 0.29) is 30.8 Å². The van der Waals surface area contributed by atoms with Crippen LogP contribution in [0.25, 0.3) is 17.0 Å². The second-order valence-electron chi connectivity index (χ2n) is 13.6. The van der Waals surface area contributed by atoms with Gasteiger partial charge in [0.05, 0.1) is 6.54 Å². The van der Waals surface area contributed by atoms with Gasteiger partial charge in [0.15, 0.2) is 5.82 Å². The molecule has 2 aromatic rings. The fourth-order valence-corrected chi connectivity index (χ4v) is 6.46. The highest BCUT2D eigenvalue weighted by atomic mass is 16.4. The molecular formula is C35H48N4O4. The van der Waals surface area contributed by atoms with Gasteiger partial charge in [0.25, 0.3) is 0 Å². The van der Waals surface area contributed by atoms with Crippen molar-refractivity contribution in [3.8, 4) is 11.4 Å². The average molecular weight is 589 g/mol. The van der Waals surface area contributed by atoms with Gasteiger partial charge in [-0.05, 0) is 66.4 Å². The van der Waals surface area contributed by atoms with Crippen molar-refractivity contribution >= 4 is 23.4 Å². The van der Waals surface area contributed by atoms with Crippen LogP contribution >= 0.6 is 0 Å². The van der Waals surface area contributed by atoms with Crippen LogP contribution in [0.3, 0.4) is 0 Å². The van der Waals surface area contributed by atoms with Crippen molar-refractivity contribution in [2.45, 2.75) is 92.0 Å². The Kier molecular flexibility index (Phi) is 11.1. The molecule has 2 amide bonds. The van der Waals surface area contributed by atoms with E-state index in [1.807, 2.05) is 57.4 Å². The molecule has 0 radical (unpaired) electrons. The summed E-state index contributed by atoms with van der Waals surface area (Å²) in [6.45, 7) is 7.58. The number of hydrogen-bond donors (Lipinski definition) is 2. The second kappa shape index (κ2) is 14.8. The molecule has 1 aromatic carbocycles. The number of amides is 2. The number of aromatic nitrogens is 2. The zero-order valence-corrected chi connectivity index (χ0v) is 26.3.